The zero-order valence-corrected chi connectivity index (χ0v) is 19.5. The Morgan fingerprint density at radius 3 is 2.66 bits per heavy atom. The number of likely N-dealkylation sites (N-methyl/N-ethyl adjacent to an activating group) is 1. The number of hydrogen-bond acceptors (Lipinski definition) is 4. The molecule has 2 aromatic rings. The molecule has 3 rings (SSSR count). The zero-order valence-electron chi connectivity index (χ0n) is 16.4. The van der Waals surface area contributed by atoms with Crippen LogP contribution in [0.1, 0.15) is 19.4 Å². The molecule has 0 spiro atoms. The summed E-state index contributed by atoms with van der Waals surface area (Å²) in [4.78, 5) is 14.8. The Labute approximate surface area is 184 Å². The fourth-order valence-electron chi connectivity index (χ4n) is 3.53. The van der Waals surface area contributed by atoms with Gasteiger partial charge in [0.25, 0.3) is 0 Å². The van der Waals surface area contributed by atoms with Crippen molar-refractivity contribution in [2.45, 2.75) is 31.2 Å². The third-order valence-corrected chi connectivity index (χ3v) is 7.66. The minimum atomic E-state index is -3.89. The van der Waals surface area contributed by atoms with Crippen LogP contribution in [0.25, 0.3) is 0 Å². The van der Waals surface area contributed by atoms with Crippen LogP contribution in [-0.2, 0) is 21.2 Å². The Kier molecular flexibility index (Phi) is 6.57. The number of benzene rings is 2. The maximum absolute atomic E-state index is 13.1. The van der Waals surface area contributed by atoms with Crippen molar-refractivity contribution in [3.63, 3.8) is 0 Å². The van der Waals surface area contributed by atoms with Gasteiger partial charge in [-0.1, -0.05) is 34.5 Å². The van der Waals surface area contributed by atoms with E-state index in [0.29, 0.717) is 5.75 Å². The number of carbonyl (C=O) groups is 1. The number of rotatable bonds is 6. The van der Waals surface area contributed by atoms with E-state index in [1.54, 1.807) is 11.8 Å². The summed E-state index contributed by atoms with van der Waals surface area (Å²) in [6, 6.07) is 9.99. The first-order valence-electron chi connectivity index (χ1n) is 9.13. The van der Waals surface area contributed by atoms with Crippen LogP contribution in [0.5, 0.6) is 5.75 Å². The fourth-order valence-corrected chi connectivity index (χ4v) is 5.69. The SMILES string of the molecule is CCN(CC(=O)N1c2ccc(Br)cc2CC1C)S(=O)(=O)c1ccc(OC)c(Cl)c1. The first-order valence-corrected chi connectivity index (χ1v) is 11.7. The molecule has 2 aromatic carbocycles. The number of amides is 1. The van der Waals surface area contributed by atoms with Crippen molar-refractivity contribution >= 4 is 49.1 Å². The van der Waals surface area contributed by atoms with Gasteiger partial charge in [0.15, 0.2) is 0 Å². The van der Waals surface area contributed by atoms with Crippen LogP contribution in [0.3, 0.4) is 0 Å². The predicted octanol–water partition coefficient (Wildman–Crippen LogP) is 4.10. The molecule has 0 radical (unpaired) electrons. The summed E-state index contributed by atoms with van der Waals surface area (Å²) in [5.74, 6) is 0.127. The van der Waals surface area contributed by atoms with Gasteiger partial charge < -0.3 is 9.64 Å². The molecule has 0 aromatic heterocycles. The van der Waals surface area contributed by atoms with Crippen LogP contribution in [0.15, 0.2) is 45.8 Å². The van der Waals surface area contributed by atoms with E-state index in [4.69, 9.17) is 16.3 Å². The lowest BCUT2D eigenvalue weighted by molar-refractivity contribution is -0.119. The second kappa shape index (κ2) is 8.63. The lowest BCUT2D eigenvalue weighted by Crippen LogP contribution is -2.45. The molecule has 0 aliphatic carbocycles. The smallest absolute Gasteiger partial charge is 0.243 e. The lowest BCUT2D eigenvalue weighted by Gasteiger charge is -2.27. The number of ether oxygens (including phenoxy) is 1. The second-order valence-corrected chi connectivity index (χ2v) is 10.1. The van der Waals surface area contributed by atoms with Crippen LogP contribution in [0.4, 0.5) is 5.69 Å². The zero-order chi connectivity index (χ0) is 21.3. The van der Waals surface area contributed by atoms with Crippen LogP contribution < -0.4 is 9.64 Å². The molecular formula is C20H22BrClN2O4S. The van der Waals surface area contributed by atoms with Gasteiger partial charge in [0.05, 0.1) is 23.6 Å². The van der Waals surface area contributed by atoms with Gasteiger partial charge in [-0.2, -0.15) is 4.31 Å². The maximum atomic E-state index is 13.1. The molecule has 6 nitrogen and oxygen atoms in total. The van der Waals surface area contributed by atoms with E-state index < -0.39 is 10.0 Å². The van der Waals surface area contributed by atoms with Crippen LogP contribution >= 0.6 is 27.5 Å². The van der Waals surface area contributed by atoms with E-state index >= 15 is 0 Å². The molecule has 0 bridgehead atoms. The molecule has 1 aliphatic rings. The third-order valence-electron chi connectivity index (χ3n) is 4.95. The molecule has 1 aliphatic heterocycles. The Morgan fingerprint density at radius 2 is 2.03 bits per heavy atom. The summed E-state index contributed by atoms with van der Waals surface area (Å²) in [6.45, 7) is 3.57. The van der Waals surface area contributed by atoms with Crippen molar-refractivity contribution in [1.29, 1.82) is 0 Å². The van der Waals surface area contributed by atoms with E-state index in [2.05, 4.69) is 15.9 Å². The number of nitrogens with zero attached hydrogens (tertiary/aromatic N) is 2. The van der Waals surface area contributed by atoms with Crippen molar-refractivity contribution in [3.8, 4) is 5.75 Å². The van der Waals surface area contributed by atoms with Crippen LogP contribution in [-0.4, -0.2) is 44.9 Å². The average molecular weight is 502 g/mol. The number of halogens is 2. The molecule has 0 saturated carbocycles. The standard InChI is InChI=1S/C20H22BrClN2O4S/c1-4-23(29(26,27)16-6-8-19(28-3)17(22)11-16)12-20(25)24-13(2)9-14-10-15(21)5-7-18(14)24/h5-8,10-11,13H,4,9,12H2,1-3H3. The molecule has 1 atom stereocenters. The van der Waals surface area contributed by atoms with E-state index in [-0.39, 0.29) is 35.0 Å². The molecule has 0 saturated heterocycles. The number of sulfonamides is 1. The van der Waals surface area contributed by atoms with Crippen molar-refractivity contribution in [2.75, 3.05) is 25.1 Å². The summed E-state index contributed by atoms with van der Waals surface area (Å²) < 4.78 is 33.4. The summed E-state index contributed by atoms with van der Waals surface area (Å²) in [5, 5.41) is 0.198. The molecule has 0 N–H and O–H groups in total. The number of methoxy groups -OCH3 is 1. The average Bonchev–Trinajstić information content (AvgIpc) is 3.00. The van der Waals surface area contributed by atoms with E-state index in [1.807, 2.05) is 25.1 Å². The molecular weight excluding hydrogens is 480 g/mol. The van der Waals surface area contributed by atoms with Gasteiger partial charge in [-0.05, 0) is 55.3 Å². The lowest BCUT2D eigenvalue weighted by atomic mass is 10.1. The highest BCUT2D eigenvalue weighted by molar-refractivity contribution is 9.10. The number of hydrogen-bond donors (Lipinski definition) is 0. The summed E-state index contributed by atoms with van der Waals surface area (Å²) in [6.07, 6.45) is 0.730. The highest BCUT2D eigenvalue weighted by Crippen LogP contribution is 2.34. The monoisotopic (exact) mass is 500 g/mol. The Balaban J connectivity index is 1.86. The maximum Gasteiger partial charge on any atom is 0.243 e. The minimum absolute atomic E-state index is 0.0248. The molecule has 1 unspecified atom stereocenters. The Morgan fingerprint density at radius 1 is 1.31 bits per heavy atom. The van der Waals surface area contributed by atoms with E-state index in [0.717, 1.165) is 26.4 Å². The molecule has 9 heteroatoms. The molecule has 1 amide bonds. The second-order valence-electron chi connectivity index (χ2n) is 6.82. The van der Waals surface area contributed by atoms with Gasteiger partial charge in [0.1, 0.15) is 5.75 Å². The van der Waals surface area contributed by atoms with Crippen molar-refractivity contribution < 1.29 is 17.9 Å². The number of carbonyl (C=O) groups excluding carboxylic acids is 1. The van der Waals surface area contributed by atoms with Gasteiger partial charge in [0.2, 0.25) is 15.9 Å². The first-order chi connectivity index (χ1) is 13.7. The Hall–Kier alpha value is -1.61. The minimum Gasteiger partial charge on any atom is -0.495 e. The van der Waals surface area contributed by atoms with Gasteiger partial charge >= 0.3 is 0 Å². The topological polar surface area (TPSA) is 66.9 Å². The fraction of sp³-hybridized carbons (Fsp3) is 0.350. The number of anilines is 1. The third kappa shape index (κ3) is 4.30. The normalized spacial score (nSPS) is 16.2. The predicted molar refractivity (Wildman–Crippen MR) is 117 cm³/mol. The first kappa shape index (κ1) is 22.1. The Bertz CT molecular complexity index is 1040. The van der Waals surface area contributed by atoms with E-state index in [1.165, 1.54) is 25.3 Å². The molecule has 29 heavy (non-hydrogen) atoms. The van der Waals surface area contributed by atoms with Crippen molar-refractivity contribution in [1.82, 2.24) is 4.31 Å². The quantitative estimate of drug-likeness (QED) is 0.598. The highest BCUT2D eigenvalue weighted by atomic mass is 79.9. The summed E-state index contributed by atoms with van der Waals surface area (Å²) in [5.41, 5.74) is 1.89. The van der Waals surface area contributed by atoms with Gasteiger partial charge in [-0.3, -0.25) is 4.79 Å². The van der Waals surface area contributed by atoms with Gasteiger partial charge in [-0.25, -0.2) is 8.42 Å². The van der Waals surface area contributed by atoms with Crippen LogP contribution in [0, 0.1) is 0 Å². The van der Waals surface area contributed by atoms with Crippen LogP contribution in [0.2, 0.25) is 5.02 Å². The summed E-state index contributed by atoms with van der Waals surface area (Å²) in [7, 11) is -2.43. The van der Waals surface area contributed by atoms with Gasteiger partial charge in [0, 0.05) is 22.7 Å². The summed E-state index contributed by atoms with van der Waals surface area (Å²) >= 11 is 9.54. The van der Waals surface area contributed by atoms with Gasteiger partial charge in [-0.15, -0.1) is 0 Å². The number of fused-ring (bicyclic) bond motifs is 1. The largest absolute Gasteiger partial charge is 0.495 e. The molecule has 156 valence electrons. The van der Waals surface area contributed by atoms with Crippen molar-refractivity contribution in [3.05, 3.63) is 51.5 Å². The highest BCUT2D eigenvalue weighted by Gasteiger charge is 2.34. The van der Waals surface area contributed by atoms with Crippen molar-refractivity contribution in [2.24, 2.45) is 0 Å². The van der Waals surface area contributed by atoms with E-state index in [9.17, 15) is 13.2 Å². The molecule has 0 fully saturated rings. The molecule has 1 heterocycles.